The van der Waals surface area contributed by atoms with Crippen molar-refractivity contribution in [3.05, 3.63) is 29.8 Å². The van der Waals surface area contributed by atoms with E-state index in [0.717, 1.165) is 15.5 Å². The average Bonchev–Trinajstić information content (AvgIpc) is 3.17. The molecule has 0 radical (unpaired) electrons. The summed E-state index contributed by atoms with van der Waals surface area (Å²) in [6.45, 7) is 3.77. The lowest BCUT2D eigenvalue weighted by molar-refractivity contribution is -0.332. The van der Waals surface area contributed by atoms with Crippen molar-refractivity contribution in [2.45, 2.75) is 50.2 Å². The van der Waals surface area contributed by atoms with E-state index >= 15 is 0 Å². The van der Waals surface area contributed by atoms with Gasteiger partial charge in [0, 0.05) is 0 Å². The van der Waals surface area contributed by atoms with Gasteiger partial charge in [-0.3, -0.25) is 14.5 Å². The lowest BCUT2D eigenvalue weighted by Gasteiger charge is -2.37. The van der Waals surface area contributed by atoms with Gasteiger partial charge in [-0.25, -0.2) is 4.79 Å². The van der Waals surface area contributed by atoms with Gasteiger partial charge in [0.2, 0.25) is 0 Å². The summed E-state index contributed by atoms with van der Waals surface area (Å²) in [5.41, 5.74) is -0.853. The van der Waals surface area contributed by atoms with Crippen LogP contribution in [0.1, 0.15) is 19.4 Å². The van der Waals surface area contributed by atoms with Crippen LogP contribution in [0.2, 0.25) is 0 Å². The molecule has 4 atom stereocenters. The van der Waals surface area contributed by atoms with E-state index in [2.05, 4.69) is 0 Å². The topological polar surface area (TPSA) is 86.8 Å². The van der Waals surface area contributed by atoms with Crippen molar-refractivity contribution in [2.75, 3.05) is 13.7 Å². The van der Waals surface area contributed by atoms with Gasteiger partial charge in [-0.05, 0) is 31.5 Å². The number of nitrogens with zero attached hydrogens (tertiary/aromatic N) is 2. The van der Waals surface area contributed by atoms with Crippen molar-refractivity contribution in [2.24, 2.45) is 0 Å². The van der Waals surface area contributed by atoms with Crippen LogP contribution >= 0.6 is 0 Å². The van der Waals surface area contributed by atoms with Crippen LogP contribution in [-0.2, 0) is 30.4 Å². The van der Waals surface area contributed by atoms with Crippen molar-refractivity contribution >= 4 is 11.9 Å². The van der Waals surface area contributed by atoms with E-state index in [4.69, 9.17) is 23.8 Å². The smallest absolute Gasteiger partial charge is 0.354 e. The number of methoxy groups -OCH3 is 1. The molecule has 1 aromatic carbocycles. The predicted octanol–water partition coefficient (Wildman–Crippen LogP) is 1.02. The number of urea groups is 1. The monoisotopic (exact) mass is 376 g/mol. The summed E-state index contributed by atoms with van der Waals surface area (Å²) in [6, 6.07) is 6.58. The summed E-state index contributed by atoms with van der Waals surface area (Å²) in [7, 11) is 1.58. The van der Waals surface area contributed by atoms with Gasteiger partial charge in [0.15, 0.2) is 5.79 Å². The highest BCUT2D eigenvalue weighted by molar-refractivity contribution is 6.06. The first kappa shape index (κ1) is 16.9. The van der Waals surface area contributed by atoms with Crippen LogP contribution in [0, 0.1) is 0 Å². The molecule has 9 heteroatoms. The molecular formula is C18H20N2O7. The number of fused-ring (bicyclic) bond motifs is 3. The second-order valence-corrected chi connectivity index (χ2v) is 7.49. The third-order valence-corrected chi connectivity index (χ3v) is 5.34. The van der Waals surface area contributed by atoms with Gasteiger partial charge in [0.1, 0.15) is 30.7 Å². The van der Waals surface area contributed by atoms with Crippen LogP contribution in [-0.4, -0.2) is 65.4 Å². The Labute approximate surface area is 155 Å². The number of hydroxylamine groups is 2. The largest absolute Gasteiger partial charge is 0.497 e. The van der Waals surface area contributed by atoms with E-state index in [0.29, 0.717) is 5.75 Å². The van der Waals surface area contributed by atoms with Gasteiger partial charge in [0.05, 0.1) is 13.7 Å². The molecule has 1 aromatic rings. The molecule has 4 heterocycles. The highest BCUT2D eigenvalue weighted by Crippen LogP contribution is 2.51. The number of ether oxygens (including phenoxy) is 4. The summed E-state index contributed by atoms with van der Waals surface area (Å²) >= 11 is 0. The first-order valence-corrected chi connectivity index (χ1v) is 8.81. The Hall–Kier alpha value is -2.20. The SMILES string of the molecule is COc1ccc(CN2C(=O)N3OC[C@H]4O[C@]3(C2=O)[C@@H]2OC(C)(C)O[C@@H]24)cc1. The van der Waals surface area contributed by atoms with E-state index < -0.39 is 41.8 Å². The Bertz CT molecular complexity index is 810. The van der Waals surface area contributed by atoms with Gasteiger partial charge in [0.25, 0.3) is 11.6 Å². The molecule has 4 aliphatic heterocycles. The van der Waals surface area contributed by atoms with Crippen molar-refractivity contribution < 1.29 is 33.4 Å². The van der Waals surface area contributed by atoms with Crippen molar-refractivity contribution in [3.8, 4) is 5.75 Å². The lowest BCUT2D eigenvalue weighted by atomic mass is 10.0. The molecule has 0 saturated carbocycles. The van der Waals surface area contributed by atoms with E-state index in [-0.39, 0.29) is 13.2 Å². The molecule has 0 aromatic heterocycles. The van der Waals surface area contributed by atoms with Crippen LogP contribution in [0.25, 0.3) is 0 Å². The Morgan fingerprint density at radius 3 is 2.59 bits per heavy atom. The summed E-state index contributed by atoms with van der Waals surface area (Å²) in [5.74, 6) is -0.664. The molecule has 144 valence electrons. The Morgan fingerprint density at radius 2 is 1.89 bits per heavy atom. The molecule has 4 aliphatic rings. The second kappa shape index (κ2) is 5.41. The van der Waals surface area contributed by atoms with Crippen LogP contribution in [0.3, 0.4) is 0 Å². The minimum atomic E-state index is -1.63. The zero-order valence-electron chi connectivity index (χ0n) is 15.2. The Kier molecular flexibility index (Phi) is 3.40. The number of hydrogen-bond donors (Lipinski definition) is 0. The number of rotatable bonds is 3. The van der Waals surface area contributed by atoms with Crippen molar-refractivity contribution in [1.29, 1.82) is 0 Å². The van der Waals surface area contributed by atoms with E-state index in [1.54, 1.807) is 45.2 Å². The normalized spacial score (nSPS) is 36.2. The highest BCUT2D eigenvalue weighted by atomic mass is 16.8. The summed E-state index contributed by atoms with van der Waals surface area (Å²) in [6.07, 6.45) is -1.68. The van der Waals surface area contributed by atoms with E-state index in [1.165, 1.54) is 0 Å². The molecule has 5 rings (SSSR count). The molecular weight excluding hydrogens is 356 g/mol. The summed E-state index contributed by atoms with van der Waals surface area (Å²) < 4.78 is 23.0. The van der Waals surface area contributed by atoms with Crippen LogP contribution in [0.15, 0.2) is 24.3 Å². The number of benzene rings is 1. The number of amides is 3. The number of hydrogen-bond acceptors (Lipinski definition) is 7. The minimum Gasteiger partial charge on any atom is -0.497 e. The van der Waals surface area contributed by atoms with Crippen molar-refractivity contribution in [1.82, 2.24) is 9.96 Å². The maximum Gasteiger partial charge on any atom is 0.354 e. The molecule has 4 saturated heterocycles. The molecule has 0 unspecified atom stereocenters. The fourth-order valence-corrected chi connectivity index (χ4v) is 4.16. The molecule has 3 amide bonds. The second-order valence-electron chi connectivity index (χ2n) is 7.49. The van der Waals surface area contributed by atoms with Crippen LogP contribution in [0.5, 0.6) is 5.75 Å². The lowest BCUT2D eigenvalue weighted by Crippen LogP contribution is -2.60. The number of carbonyl (C=O) groups excluding carboxylic acids is 2. The third-order valence-electron chi connectivity index (χ3n) is 5.34. The zero-order valence-corrected chi connectivity index (χ0v) is 15.2. The van der Waals surface area contributed by atoms with Crippen molar-refractivity contribution in [3.63, 3.8) is 0 Å². The molecule has 9 nitrogen and oxygen atoms in total. The van der Waals surface area contributed by atoms with Gasteiger partial charge < -0.3 is 18.9 Å². The maximum atomic E-state index is 13.3. The number of imide groups is 1. The first-order chi connectivity index (χ1) is 12.9. The fourth-order valence-electron chi connectivity index (χ4n) is 4.16. The van der Waals surface area contributed by atoms with Gasteiger partial charge in [-0.1, -0.05) is 12.1 Å². The fraction of sp³-hybridized carbons (Fsp3) is 0.556. The predicted molar refractivity (Wildman–Crippen MR) is 88.2 cm³/mol. The zero-order chi connectivity index (χ0) is 19.0. The van der Waals surface area contributed by atoms with Gasteiger partial charge in [-0.15, -0.1) is 0 Å². The summed E-state index contributed by atoms with van der Waals surface area (Å²) in [4.78, 5) is 32.9. The maximum absolute atomic E-state index is 13.3. The molecule has 27 heavy (non-hydrogen) atoms. The van der Waals surface area contributed by atoms with Gasteiger partial charge in [-0.2, -0.15) is 5.06 Å². The Morgan fingerprint density at radius 1 is 1.15 bits per heavy atom. The summed E-state index contributed by atoms with van der Waals surface area (Å²) in [5, 5.41) is 1.02. The third kappa shape index (κ3) is 2.19. The molecule has 2 bridgehead atoms. The molecule has 4 fully saturated rings. The van der Waals surface area contributed by atoms with E-state index in [9.17, 15) is 9.59 Å². The number of carbonyl (C=O) groups is 2. The molecule has 0 N–H and O–H groups in total. The Balaban J connectivity index is 1.47. The minimum absolute atomic E-state index is 0.0962. The molecule has 1 spiro atoms. The standard InChI is InChI=1S/C18H20N2O7/c1-17(2)26-13-12-9-24-20-16(22)19(8-10-4-6-11(23-3)7-5-10)15(21)18(20,25-12)14(13)27-17/h4-7,12-14H,8-9H2,1-3H3/t12-,13-,14-,18+/m1/s1. The first-order valence-electron chi connectivity index (χ1n) is 8.81. The highest BCUT2D eigenvalue weighted by Gasteiger charge is 2.77. The van der Waals surface area contributed by atoms with Gasteiger partial charge >= 0.3 is 6.03 Å². The molecule has 0 aliphatic carbocycles. The quantitative estimate of drug-likeness (QED) is 0.728. The average molecular weight is 376 g/mol. The van der Waals surface area contributed by atoms with E-state index in [1.807, 2.05) is 0 Å². The van der Waals surface area contributed by atoms with Crippen LogP contribution in [0.4, 0.5) is 4.79 Å². The van der Waals surface area contributed by atoms with Crippen LogP contribution < -0.4 is 4.74 Å².